The molecule has 1 heterocycles. The fourth-order valence-corrected chi connectivity index (χ4v) is 2.24. The highest BCUT2D eigenvalue weighted by molar-refractivity contribution is 5.97. The number of carbonyl (C=O) groups is 1. The first-order valence-corrected chi connectivity index (χ1v) is 6.90. The molecule has 1 amide bonds. The third-order valence-corrected chi connectivity index (χ3v) is 3.37. The number of aromatic amines is 1. The van der Waals surface area contributed by atoms with Gasteiger partial charge in [-0.15, -0.1) is 0 Å². The molecule has 0 aliphatic heterocycles. The van der Waals surface area contributed by atoms with E-state index in [1.165, 1.54) is 19.2 Å². The van der Waals surface area contributed by atoms with Crippen LogP contribution in [0.2, 0.25) is 0 Å². The van der Waals surface area contributed by atoms with Gasteiger partial charge in [0.15, 0.2) is 0 Å². The molecule has 3 aromatic rings. The lowest BCUT2D eigenvalue weighted by atomic mass is 10.1. The number of rotatable bonds is 3. The van der Waals surface area contributed by atoms with Gasteiger partial charge in [-0.3, -0.25) is 4.79 Å². The van der Waals surface area contributed by atoms with Gasteiger partial charge in [-0.1, -0.05) is 12.1 Å². The summed E-state index contributed by atoms with van der Waals surface area (Å²) in [5.74, 6) is -1.48. The summed E-state index contributed by atoms with van der Waals surface area (Å²) in [7, 11) is 1.30. The molecule has 0 saturated carbocycles. The van der Waals surface area contributed by atoms with Crippen LogP contribution in [0.15, 0.2) is 42.5 Å². The van der Waals surface area contributed by atoms with Gasteiger partial charge in [-0.25, -0.2) is 4.98 Å². The summed E-state index contributed by atoms with van der Waals surface area (Å²) in [4.78, 5) is 18.6. The Hall–Kier alpha value is -3.03. The number of nitrogens with one attached hydrogen (secondary N) is 2. The van der Waals surface area contributed by atoms with Crippen LogP contribution in [0.25, 0.3) is 22.4 Å². The van der Waals surface area contributed by atoms with Crippen molar-refractivity contribution in [3.8, 4) is 17.1 Å². The third kappa shape index (κ3) is 3.03. The Labute approximate surface area is 134 Å². The van der Waals surface area contributed by atoms with E-state index >= 15 is 0 Å². The fourth-order valence-electron chi connectivity index (χ4n) is 2.24. The van der Waals surface area contributed by atoms with E-state index in [2.05, 4.69) is 9.97 Å². The normalized spacial score (nSPS) is 11.5. The van der Waals surface area contributed by atoms with Crippen LogP contribution in [-0.2, 0) is 4.79 Å². The molecule has 8 heteroatoms. The number of anilines is 1. The maximum Gasteiger partial charge on any atom is 0.471 e. The molecule has 0 bridgehead atoms. The predicted molar refractivity (Wildman–Crippen MR) is 82.8 cm³/mol. The predicted octanol–water partition coefficient (Wildman–Crippen LogP) is 3.74. The number of imidazole rings is 1. The molecule has 0 aliphatic carbocycles. The second-order valence-electron chi connectivity index (χ2n) is 4.97. The van der Waals surface area contributed by atoms with E-state index in [0.717, 1.165) is 11.0 Å². The Kier molecular flexibility index (Phi) is 3.88. The molecule has 0 fully saturated rings. The summed E-state index contributed by atoms with van der Waals surface area (Å²) >= 11 is 0. The van der Waals surface area contributed by atoms with Crippen molar-refractivity contribution >= 4 is 22.6 Å². The minimum Gasteiger partial charge on any atom is -0.495 e. The maximum absolute atomic E-state index is 12.5. The second-order valence-corrected chi connectivity index (χ2v) is 4.97. The highest BCUT2D eigenvalue weighted by Gasteiger charge is 2.39. The van der Waals surface area contributed by atoms with Gasteiger partial charge in [0.2, 0.25) is 0 Å². The fraction of sp³-hybridized carbons (Fsp3) is 0.125. The quantitative estimate of drug-likeness (QED) is 0.766. The van der Waals surface area contributed by atoms with Crippen LogP contribution in [0.1, 0.15) is 0 Å². The summed E-state index contributed by atoms with van der Waals surface area (Å²) in [6.07, 6.45) is -4.99. The van der Waals surface area contributed by atoms with E-state index < -0.39 is 12.1 Å². The number of H-pyrrole nitrogens is 1. The molecule has 0 atom stereocenters. The van der Waals surface area contributed by atoms with E-state index in [1.807, 2.05) is 29.6 Å². The first kappa shape index (κ1) is 15.9. The number of halogens is 3. The Morgan fingerprint density at radius 3 is 2.62 bits per heavy atom. The van der Waals surface area contributed by atoms with Crippen LogP contribution >= 0.6 is 0 Å². The number of hydrogen-bond donors (Lipinski definition) is 2. The van der Waals surface area contributed by atoms with Gasteiger partial charge in [0.25, 0.3) is 0 Å². The average Bonchev–Trinajstić information content (AvgIpc) is 2.98. The third-order valence-electron chi connectivity index (χ3n) is 3.37. The Morgan fingerprint density at radius 1 is 1.21 bits per heavy atom. The summed E-state index contributed by atoms with van der Waals surface area (Å²) in [6.45, 7) is 0. The Balaban J connectivity index is 2.00. The van der Waals surface area contributed by atoms with E-state index in [-0.39, 0.29) is 11.4 Å². The summed E-state index contributed by atoms with van der Waals surface area (Å²) in [5.41, 5.74) is 1.95. The van der Waals surface area contributed by atoms with E-state index in [0.29, 0.717) is 11.4 Å². The van der Waals surface area contributed by atoms with Crippen molar-refractivity contribution in [2.24, 2.45) is 0 Å². The molecule has 124 valence electrons. The first-order chi connectivity index (χ1) is 11.4. The second kappa shape index (κ2) is 5.88. The zero-order chi connectivity index (χ0) is 17.3. The number of aromatic nitrogens is 2. The summed E-state index contributed by atoms with van der Waals surface area (Å²) in [6, 6.07) is 11.8. The van der Waals surface area contributed by atoms with E-state index in [9.17, 15) is 18.0 Å². The molecule has 0 radical (unpaired) electrons. The van der Waals surface area contributed by atoms with Crippen LogP contribution in [-0.4, -0.2) is 29.2 Å². The highest BCUT2D eigenvalue weighted by Crippen LogP contribution is 2.31. The maximum atomic E-state index is 12.5. The average molecular weight is 335 g/mol. The Morgan fingerprint density at radius 2 is 1.96 bits per heavy atom. The molecule has 3 rings (SSSR count). The van der Waals surface area contributed by atoms with Gasteiger partial charge in [0.1, 0.15) is 11.6 Å². The van der Waals surface area contributed by atoms with E-state index in [4.69, 9.17) is 4.74 Å². The molecule has 0 spiro atoms. The van der Waals surface area contributed by atoms with Gasteiger partial charge >= 0.3 is 12.1 Å². The number of benzene rings is 2. The van der Waals surface area contributed by atoms with Gasteiger partial charge in [-0.2, -0.15) is 13.2 Å². The molecule has 24 heavy (non-hydrogen) atoms. The zero-order valence-electron chi connectivity index (χ0n) is 12.4. The SMILES string of the molecule is COc1ccc(-c2nc3ccccc3[nH]2)cc1NC(=O)C(F)(F)F. The van der Waals surface area contributed by atoms with Crippen molar-refractivity contribution in [2.45, 2.75) is 6.18 Å². The monoisotopic (exact) mass is 335 g/mol. The van der Waals surface area contributed by atoms with Crippen molar-refractivity contribution in [2.75, 3.05) is 12.4 Å². The molecule has 0 unspecified atom stereocenters. The molecule has 0 saturated heterocycles. The smallest absolute Gasteiger partial charge is 0.471 e. The number of para-hydroxylation sites is 2. The summed E-state index contributed by atoms with van der Waals surface area (Å²) in [5, 5.41) is 1.81. The van der Waals surface area contributed by atoms with Crippen LogP contribution in [0, 0.1) is 0 Å². The Bertz CT molecular complexity index is 870. The molecular formula is C16H12F3N3O2. The van der Waals surface area contributed by atoms with Crippen LogP contribution < -0.4 is 10.1 Å². The minimum absolute atomic E-state index is 0.0854. The zero-order valence-corrected chi connectivity index (χ0v) is 12.4. The number of nitrogens with zero attached hydrogens (tertiary/aromatic N) is 1. The largest absolute Gasteiger partial charge is 0.495 e. The topological polar surface area (TPSA) is 67.0 Å². The van der Waals surface area contributed by atoms with Gasteiger partial charge < -0.3 is 15.0 Å². The van der Waals surface area contributed by atoms with Crippen LogP contribution in [0.4, 0.5) is 18.9 Å². The summed E-state index contributed by atoms with van der Waals surface area (Å²) < 4.78 is 42.4. The van der Waals surface area contributed by atoms with Crippen molar-refractivity contribution in [1.82, 2.24) is 9.97 Å². The number of amides is 1. The lowest BCUT2D eigenvalue weighted by Gasteiger charge is -2.12. The highest BCUT2D eigenvalue weighted by atomic mass is 19.4. The molecular weight excluding hydrogens is 323 g/mol. The van der Waals surface area contributed by atoms with Crippen molar-refractivity contribution in [1.29, 1.82) is 0 Å². The number of methoxy groups -OCH3 is 1. The van der Waals surface area contributed by atoms with Crippen molar-refractivity contribution < 1.29 is 22.7 Å². The number of ether oxygens (including phenoxy) is 1. The van der Waals surface area contributed by atoms with Gasteiger partial charge in [0, 0.05) is 5.56 Å². The molecule has 1 aromatic heterocycles. The van der Waals surface area contributed by atoms with Crippen LogP contribution in [0.3, 0.4) is 0 Å². The number of hydrogen-bond acceptors (Lipinski definition) is 3. The number of carbonyl (C=O) groups excluding carboxylic acids is 1. The number of fused-ring (bicyclic) bond motifs is 1. The first-order valence-electron chi connectivity index (χ1n) is 6.90. The molecule has 2 aromatic carbocycles. The van der Waals surface area contributed by atoms with Crippen LogP contribution in [0.5, 0.6) is 5.75 Å². The lowest BCUT2D eigenvalue weighted by molar-refractivity contribution is -0.167. The van der Waals surface area contributed by atoms with Crippen molar-refractivity contribution in [3.05, 3.63) is 42.5 Å². The lowest BCUT2D eigenvalue weighted by Crippen LogP contribution is -2.30. The van der Waals surface area contributed by atoms with E-state index in [1.54, 1.807) is 6.07 Å². The number of alkyl halides is 3. The molecule has 2 N–H and O–H groups in total. The van der Waals surface area contributed by atoms with Crippen molar-refractivity contribution in [3.63, 3.8) is 0 Å². The van der Waals surface area contributed by atoms with Gasteiger partial charge in [-0.05, 0) is 30.3 Å². The standard InChI is InChI=1S/C16H12F3N3O2/c1-24-13-7-6-9(8-12(13)22-15(23)16(17,18)19)14-20-10-4-2-3-5-11(10)21-14/h2-8H,1H3,(H,20,21)(H,22,23). The van der Waals surface area contributed by atoms with Gasteiger partial charge in [0.05, 0.1) is 23.8 Å². The molecule has 5 nitrogen and oxygen atoms in total. The minimum atomic E-state index is -4.99. The molecule has 0 aliphatic rings.